The summed E-state index contributed by atoms with van der Waals surface area (Å²) in [5, 5.41) is 16.7. The van der Waals surface area contributed by atoms with Crippen LogP contribution < -0.4 is 10.1 Å². The van der Waals surface area contributed by atoms with Crippen LogP contribution in [-0.4, -0.2) is 29.3 Å². The van der Waals surface area contributed by atoms with Crippen molar-refractivity contribution in [1.29, 1.82) is 0 Å². The third-order valence-electron chi connectivity index (χ3n) is 4.11. The van der Waals surface area contributed by atoms with E-state index in [2.05, 4.69) is 30.2 Å². The van der Waals surface area contributed by atoms with E-state index in [4.69, 9.17) is 4.74 Å². The number of aliphatic hydroxyl groups is 1. The van der Waals surface area contributed by atoms with E-state index in [-0.39, 0.29) is 12.1 Å². The summed E-state index contributed by atoms with van der Waals surface area (Å²) in [5.74, 6) is 0.835. The fourth-order valence-electron chi connectivity index (χ4n) is 2.30. The molecule has 4 nitrogen and oxygen atoms in total. The quantitative estimate of drug-likeness (QED) is 0.777. The molecule has 0 amide bonds. The molecule has 2 unspecified atom stereocenters. The maximum atomic E-state index is 10.2. The van der Waals surface area contributed by atoms with Crippen LogP contribution in [0.1, 0.15) is 36.4 Å². The number of nitrogens with zero attached hydrogens (tertiary/aromatic N) is 1. The topological polar surface area (TPSA) is 54.4 Å². The molecule has 0 saturated carbocycles. The number of aryl methyl sites for hydroxylation is 2. The molecule has 1 aromatic heterocycles. The summed E-state index contributed by atoms with van der Waals surface area (Å²) in [6.07, 6.45) is 2.15. The predicted molar refractivity (Wildman–Crippen MR) is 95.2 cm³/mol. The number of thiazole rings is 1. The van der Waals surface area contributed by atoms with Crippen molar-refractivity contribution in [2.45, 2.75) is 45.8 Å². The Kier molecular flexibility index (Phi) is 6.16. The van der Waals surface area contributed by atoms with Crippen LogP contribution in [0, 0.1) is 13.8 Å². The zero-order valence-electron chi connectivity index (χ0n) is 14.3. The van der Waals surface area contributed by atoms with Crippen LogP contribution in [0.4, 0.5) is 0 Å². The van der Waals surface area contributed by atoms with Gasteiger partial charge in [0.05, 0.1) is 5.54 Å². The van der Waals surface area contributed by atoms with E-state index in [9.17, 15) is 5.11 Å². The van der Waals surface area contributed by atoms with Gasteiger partial charge in [0.2, 0.25) is 0 Å². The second-order valence-corrected chi connectivity index (χ2v) is 7.03. The summed E-state index contributed by atoms with van der Waals surface area (Å²) >= 11 is 1.63. The summed E-state index contributed by atoms with van der Waals surface area (Å²) in [7, 11) is 0. The van der Waals surface area contributed by atoms with E-state index in [0.29, 0.717) is 6.54 Å². The lowest BCUT2D eigenvalue weighted by Gasteiger charge is -2.29. The Morgan fingerprint density at radius 1 is 1.39 bits per heavy atom. The van der Waals surface area contributed by atoms with Gasteiger partial charge in [0.1, 0.15) is 23.5 Å². The summed E-state index contributed by atoms with van der Waals surface area (Å²) in [6.45, 7) is 9.02. The van der Waals surface area contributed by atoms with Gasteiger partial charge in [-0.2, -0.15) is 0 Å². The van der Waals surface area contributed by atoms with E-state index in [0.717, 1.165) is 28.3 Å². The molecular weight excluding hydrogens is 308 g/mol. The Labute approximate surface area is 142 Å². The number of aliphatic hydroxyl groups excluding tert-OH is 1. The minimum absolute atomic E-state index is 0.214. The number of benzene rings is 1. The van der Waals surface area contributed by atoms with E-state index >= 15 is 0 Å². The monoisotopic (exact) mass is 334 g/mol. The highest BCUT2D eigenvalue weighted by Crippen LogP contribution is 2.26. The van der Waals surface area contributed by atoms with Crippen molar-refractivity contribution < 1.29 is 9.84 Å². The second-order valence-electron chi connectivity index (χ2n) is 6.14. The molecular formula is C18H26N2O2S. The molecule has 0 spiro atoms. The van der Waals surface area contributed by atoms with E-state index in [1.807, 2.05) is 37.6 Å². The first-order valence-corrected chi connectivity index (χ1v) is 8.85. The molecule has 0 aliphatic carbocycles. The van der Waals surface area contributed by atoms with Gasteiger partial charge in [-0.05, 0) is 44.4 Å². The molecule has 2 N–H and O–H groups in total. The van der Waals surface area contributed by atoms with Gasteiger partial charge in [0, 0.05) is 18.1 Å². The van der Waals surface area contributed by atoms with Crippen molar-refractivity contribution in [3.8, 4) is 5.75 Å². The minimum Gasteiger partial charge on any atom is -0.491 e. The molecule has 0 saturated heterocycles. The predicted octanol–water partition coefficient (Wildman–Crippen LogP) is 3.41. The van der Waals surface area contributed by atoms with Crippen LogP contribution in [0.15, 0.2) is 29.8 Å². The molecule has 2 aromatic rings. The maximum absolute atomic E-state index is 10.2. The standard InChI is InChI=1S/C18H26N2O2S/c1-5-18(4,17-19-8-9-23-17)20-11-15(21)12-22-16-10-13(2)6-7-14(16)3/h6-10,15,20-21H,5,11-12H2,1-4H3. The molecule has 0 fully saturated rings. The zero-order valence-corrected chi connectivity index (χ0v) is 15.1. The van der Waals surface area contributed by atoms with Gasteiger partial charge in [-0.3, -0.25) is 0 Å². The molecule has 126 valence electrons. The molecule has 0 bridgehead atoms. The lowest BCUT2D eigenvalue weighted by atomic mass is 9.99. The molecule has 5 heteroatoms. The summed E-state index contributed by atoms with van der Waals surface area (Å²) < 4.78 is 5.77. The number of hydrogen-bond donors (Lipinski definition) is 2. The number of hydrogen-bond acceptors (Lipinski definition) is 5. The van der Waals surface area contributed by atoms with Crippen LogP contribution in [-0.2, 0) is 5.54 Å². The number of nitrogens with one attached hydrogen (secondary N) is 1. The number of rotatable bonds is 8. The number of ether oxygens (including phenoxy) is 1. The largest absolute Gasteiger partial charge is 0.491 e. The van der Waals surface area contributed by atoms with Gasteiger partial charge in [-0.25, -0.2) is 4.98 Å². The molecule has 0 radical (unpaired) electrons. The first-order chi connectivity index (χ1) is 10.9. The van der Waals surface area contributed by atoms with Gasteiger partial charge in [-0.1, -0.05) is 19.1 Å². The lowest BCUT2D eigenvalue weighted by molar-refractivity contribution is 0.0965. The Balaban J connectivity index is 1.87. The molecule has 0 aliphatic heterocycles. The Bertz CT molecular complexity index is 615. The highest BCUT2D eigenvalue weighted by Gasteiger charge is 2.27. The van der Waals surface area contributed by atoms with Crippen LogP contribution >= 0.6 is 11.3 Å². The number of aromatic nitrogens is 1. The first-order valence-electron chi connectivity index (χ1n) is 7.97. The van der Waals surface area contributed by atoms with E-state index in [1.165, 1.54) is 0 Å². The van der Waals surface area contributed by atoms with Crippen molar-refractivity contribution in [3.05, 3.63) is 45.9 Å². The summed E-state index contributed by atoms with van der Waals surface area (Å²) in [5.41, 5.74) is 2.02. The van der Waals surface area contributed by atoms with E-state index < -0.39 is 6.10 Å². The molecule has 2 atom stereocenters. The molecule has 23 heavy (non-hydrogen) atoms. The second kappa shape index (κ2) is 7.90. The summed E-state index contributed by atoms with van der Waals surface area (Å²) in [6, 6.07) is 6.09. The highest BCUT2D eigenvalue weighted by atomic mass is 32.1. The van der Waals surface area contributed by atoms with Gasteiger partial charge < -0.3 is 15.2 Å². The van der Waals surface area contributed by atoms with Gasteiger partial charge in [0.25, 0.3) is 0 Å². The third-order valence-corrected chi connectivity index (χ3v) is 5.15. The normalized spacial score (nSPS) is 15.2. The fourth-order valence-corrected chi connectivity index (χ4v) is 3.15. The van der Waals surface area contributed by atoms with Crippen LogP contribution in [0.25, 0.3) is 0 Å². The molecule has 0 aliphatic rings. The Morgan fingerprint density at radius 3 is 2.83 bits per heavy atom. The van der Waals surface area contributed by atoms with Gasteiger partial charge in [0.15, 0.2) is 0 Å². The summed E-state index contributed by atoms with van der Waals surface area (Å²) in [4.78, 5) is 4.40. The van der Waals surface area contributed by atoms with Gasteiger partial charge >= 0.3 is 0 Å². The first kappa shape index (κ1) is 17.9. The average molecular weight is 334 g/mol. The van der Waals surface area contributed by atoms with Crippen molar-refractivity contribution in [2.24, 2.45) is 0 Å². The van der Waals surface area contributed by atoms with Crippen molar-refractivity contribution in [1.82, 2.24) is 10.3 Å². The molecule has 1 heterocycles. The van der Waals surface area contributed by atoms with Crippen LogP contribution in [0.3, 0.4) is 0 Å². The van der Waals surface area contributed by atoms with Crippen LogP contribution in [0.2, 0.25) is 0 Å². The fraction of sp³-hybridized carbons (Fsp3) is 0.500. The van der Waals surface area contributed by atoms with Crippen molar-refractivity contribution in [3.63, 3.8) is 0 Å². The molecule has 1 aromatic carbocycles. The highest BCUT2D eigenvalue weighted by molar-refractivity contribution is 7.09. The average Bonchev–Trinajstić information content (AvgIpc) is 3.08. The Hall–Kier alpha value is -1.43. The third kappa shape index (κ3) is 4.77. The maximum Gasteiger partial charge on any atom is 0.122 e. The zero-order chi connectivity index (χ0) is 16.9. The smallest absolute Gasteiger partial charge is 0.122 e. The SMILES string of the molecule is CCC(C)(NCC(O)COc1cc(C)ccc1C)c1nccs1. The lowest BCUT2D eigenvalue weighted by Crippen LogP contribution is -2.44. The van der Waals surface area contributed by atoms with E-state index in [1.54, 1.807) is 11.3 Å². The van der Waals surface area contributed by atoms with Crippen molar-refractivity contribution in [2.75, 3.05) is 13.2 Å². The van der Waals surface area contributed by atoms with Gasteiger partial charge in [-0.15, -0.1) is 11.3 Å². The van der Waals surface area contributed by atoms with Crippen molar-refractivity contribution >= 4 is 11.3 Å². The van der Waals surface area contributed by atoms with Crippen LogP contribution in [0.5, 0.6) is 5.75 Å². The Morgan fingerprint density at radius 2 is 2.17 bits per heavy atom. The minimum atomic E-state index is -0.569. The molecule has 2 rings (SSSR count).